The molecule has 2 aromatic rings. The van der Waals surface area contributed by atoms with E-state index in [9.17, 15) is 4.79 Å². The maximum absolute atomic E-state index is 12.5. The molecule has 2 saturated heterocycles. The van der Waals surface area contributed by atoms with Crippen LogP contribution in [-0.2, 0) is 0 Å². The lowest BCUT2D eigenvalue weighted by atomic mass is 10.3. The van der Waals surface area contributed by atoms with E-state index < -0.39 is 0 Å². The van der Waals surface area contributed by atoms with E-state index in [1.54, 1.807) is 0 Å². The molecule has 4 rings (SSSR count). The molecular weight excluding hydrogens is 368 g/mol. The lowest BCUT2D eigenvalue weighted by Gasteiger charge is -2.35. The van der Waals surface area contributed by atoms with E-state index in [0.29, 0.717) is 19.7 Å². The van der Waals surface area contributed by atoms with E-state index in [4.69, 9.17) is 4.74 Å². The fraction of sp³-hybridized carbons (Fsp3) is 0.476. The van der Waals surface area contributed by atoms with Crippen molar-refractivity contribution in [3.05, 3.63) is 36.4 Å². The molecular formula is C21H28N6O2. The molecule has 2 aliphatic heterocycles. The Morgan fingerprint density at radius 1 is 0.897 bits per heavy atom. The third-order valence-corrected chi connectivity index (χ3v) is 5.37. The van der Waals surface area contributed by atoms with Gasteiger partial charge in [0.05, 0.1) is 6.61 Å². The van der Waals surface area contributed by atoms with E-state index in [1.807, 2.05) is 42.2 Å². The smallest absolute Gasteiger partial charge is 0.321 e. The van der Waals surface area contributed by atoms with Gasteiger partial charge in [-0.25, -0.2) is 4.79 Å². The minimum absolute atomic E-state index is 0.0794. The number of rotatable bonds is 5. The molecule has 0 bridgehead atoms. The number of ether oxygens (including phenoxy) is 1. The van der Waals surface area contributed by atoms with Crippen molar-refractivity contribution < 1.29 is 9.53 Å². The Labute approximate surface area is 171 Å². The standard InChI is InChI=1S/C21H28N6O2/c1-2-29-18-7-5-17(6-8-18)22-21(28)27-15-13-26(14-16-27)20-10-9-19(23-24-20)25-11-3-4-12-25/h5-10H,2-4,11-16H2,1H3,(H,22,28). The summed E-state index contributed by atoms with van der Waals surface area (Å²) < 4.78 is 5.43. The quantitative estimate of drug-likeness (QED) is 0.838. The molecule has 1 N–H and O–H groups in total. The summed E-state index contributed by atoms with van der Waals surface area (Å²) in [7, 11) is 0. The van der Waals surface area contributed by atoms with Gasteiger partial charge in [0.25, 0.3) is 0 Å². The van der Waals surface area contributed by atoms with Gasteiger partial charge in [0.2, 0.25) is 0 Å². The second-order valence-corrected chi connectivity index (χ2v) is 7.31. The summed E-state index contributed by atoms with van der Waals surface area (Å²) in [6, 6.07) is 11.5. The van der Waals surface area contributed by atoms with Gasteiger partial charge in [-0.3, -0.25) is 0 Å². The third kappa shape index (κ3) is 4.70. The number of carbonyl (C=O) groups is 1. The van der Waals surface area contributed by atoms with Crippen LogP contribution in [0.3, 0.4) is 0 Å². The van der Waals surface area contributed by atoms with Gasteiger partial charge in [0.1, 0.15) is 5.75 Å². The number of benzene rings is 1. The van der Waals surface area contributed by atoms with Crippen molar-refractivity contribution >= 4 is 23.4 Å². The van der Waals surface area contributed by atoms with Crippen molar-refractivity contribution in [2.45, 2.75) is 19.8 Å². The summed E-state index contributed by atoms with van der Waals surface area (Å²) >= 11 is 0. The largest absolute Gasteiger partial charge is 0.494 e. The Morgan fingerprint density at radius 3 is 2.03 bits per heavy atom. The van der Waals surface area contributed by atoms with Crippen molar-refractivity contribution in [1.82, 2.24) is 15.1 Å². The van der Waals surface area contributed by atoms with Crippen LogP contribution in [-0.4, -0.2) is 67.0 Å². The number of aromatic nitrogens is 2. The maximum atomic E-state index is 12.5. The van der Waals surface area contributed by atoms with Crippen LogP contribution in [0.15, 0.2) is 36.4 Å². The summed E-state index contributed by atoms with van der Waals surface area (Å²) in [6.45, 7) is 7.50. The lowest BCUT2D eigenvalue weighted by Crippen LogP contribution is -2.50. The average molecular weight is 396 g/mol. The van der Waals surface area contributed by atoms with Gasteiger partial charge in [-0.1, -0.05) is 0 Å². The van der Waals surface area contributed by atoms with Crippen LogP contribution < -0.4 is 19.9 Å². The normalized spacial score (nSPS) is 16.8. The monoisotopic (exact) mass is 396 g/mol. The van der Waals surface area contributed by atoms with Gasteiger partial charge in [-0.15, -0.1) is 10.2 Å². The summed E-state index contributed by atoms with van der Waals surface area (Å²) in [4.78, 5) is 18.8. The first-order valence-corrected chi connectivity index (χ1v) is 10.4. The predicted octanol–water partition coefficient (Wildman–Crippen LogP) is 2.83. The Morgan fingerprint density at radius 2 is 1.48 bits per heavy atom. The van der Waals surface area contributed by atoms with Gasteiger partial charge in [-0.2, -0.15) is 0 Å². The summed E-state index contributed by atoms with van der Waals surface area (Å²) in [6.07, 6.45) is 2.45. The number of urea groups is 1. The highest BCUT2D eigenvalue weighted by Crippen LogP contribution is 2.20. The molecule has 8 nitrogen and oxygen atoms in total. The Kier molecular flexibility index (Phi) is 5.97. The molecule has 1 aromatic carbocycles. The van der Waals surface area contributed by atoms with Gasteiger partial charge in [-0.05, 0) is 56.2 Å². The first-order chi connectivity index (χ1) is 14.2. The van der Waals surface area contributed by atoms with Crippen molar-refractivity contribution in [2.75, 3.05) is 61.0 Å². The molecule has 29 heavy (non-hydrogen) atoms. The first-order valence-electron chi connectivity index (χ1n) is 10.4. The number of nitrogens with one attached hydrogen (secondary N) is 1. The van der Waals surface area contributed by atoms with E-state index in [1.165, 1.54) is 12.8 Å². The van der Waals surface area contributed by atoms with Crippen LogP contribution in [0.1, 0.15) is 19.8 Å². The van der Waals surface area contributed by atoms with Crippen LogP contribution in [0.2, 0.25) is 0 Å². The first kappa shape index (κ1) is 19.3. The van der Waals surface area contributed by atoms with Gasteiger partial charge >= 0.3 is 6.03 Å². The molecule has 0 atom stereocenters. The number of amides is 2. The van der Waals surface area contributed by atoms with E-state index in [0.717, 1.165) is 49.3 Å². The highest BCUT2D eigenvalue weighted by molar-refractivity contribution is 5.89. The molecule has 2 amide bonds. The lowest BCUT2D eigenvalue weighted by molar-refractivity contribution is 0.208. The van der Waals surface area contributed by atoms with Crippen molar-refractivity contribution in [3.8, 4) is 5.75 Å². The second-order valence-electron chi connectivity index (χ2n) is 7.31. The van der Waals surface area contributed by atoms with Gasteiger partial charge < -0.3 is 24.8 Å². The van der Waals surface area contributed by atoms with Crippen LogP contribution in [0.5, 0.6) is 5.75 Å². The third-order valence-electron chi connectivity index (χ3n) is 5.37. The van der Waals surface area contributed by atoms with Crippen molar-refractivity contribution in [3.63, 3.8) is 0 Å². The molecule has 0 aliphatic carbocycles. The zero-order chi connectivity index (χ0) is 20.1. The van der Waals surface area contributed by atoms with Gasteiger partial charge in [0, 0.05) is 45.0 Å². The molecule has 0 radical (unpaired) electrons. The highest BCUT2D eigenvalue weighted by Gasteiger charge is 2.23. The molecule has 0 spiro atoms. The molecule has 154 valence electrons. The van der Waals surface area contributed by atoms with Crippen LogP contribution in [0.4, 0.5) is 22.1 Å². The minimum atomic E-state index is -0.0794. The van der Waals surface area contributed by atoms with Gasteiger partial charge in [0.15, 0.2) is 11.6 Å². The van der Waals surface area contributed by atoms with E-state index in [2.05, 4.69) is 31.4 Å². The molecule has 1 aromatic heterocycles. The molecule has 2 aliphatic rings. The van der Waals surface area contributed by atoms with Crippen LogP contribution >= 0.6 is 0 Å². The zero-order valence-corrected chi connectivity index (χ0v) is 16.9. The predicted molar refractivity (Wildman–Crippen MR) is 114 cm³/mol. The molecule has 3 heterocycles. The molecule has 0 unspecified atom stereocenters. The Bertz CT molecular complexity index is 797. The van der Waals surface area contributed by atoms with Crippen LogP contribution in [0, 0.1) is 0 Å². The fourth-order valence-electron chi connectivity index (χ4n) is 3.74. The number of hydrogen-bond donors (Lipinski definition) is 1. The van der Waals surface area contributed by atoms with E-state index >= 15 is 0 Å². The second kappa shape index (κ2) is 8.98. The number of hydrogen-bond acceptors (Lipinski definition) is 6. The molecule has 0 saturated carbocycles. The number of anilines is 3. The highest BCUT2D eigenvalue weighted by atomic mass is 16.5. The zero-order valence-electron chi connectivity index (χ0n) is 16.9. The summed E-state index contributed by atoms with van der Waals surface area (Å²) in [5.41, 5.74) is 0.768. The SMILES string of the molecule is CCOc1ccc(NC(=O)N2CCN(c3ccc(N4CCCC4)nn3)CC2)cc1. The number of nitrogens with zero attached hydrogens (tertiary/aromatic N) is 5. The number of piperazine rings is 1. The molecule has 2 fully saturated rings. The van der Waals surface area contributed by atoms with Crippen molar-refractivity contribution in [2.24, 2.45) is 0 Å². The number of carbonyl (C=O) groups excluding carboxylic acids is 1. The Balaban J connectivity index is 1.27. The maximum Gasteiger partial charge on any atom is 0.321 e. The average Bonchev–Trinajstić information content (AvgIpc) is 3.31. The summed E-state index contributed by atoms with van der Waals surface area (Å²) in [5, 5.41) is 11.8. The Hall–Kier alpha value is -3.03. The minimum Gasteiger partial charge on any atom is -0.494 e. The van der Waals surface area contributed by atoms with Crippen LogP contribution in [0.25, 0.3) is 0 Å². The van der Waals surface area contributed by atoms with Crippen molar-refractivity contribution in [1.29, 1.82) is 0 Å². The van der Waals surface area contributed by atoms with E-state index in [-0.39, 0.29) is 6.03 Å². The summed E-state index contributed by atoms with van der Waals surface area (Å²) in [5.74, 6) is 2.63. The topological polar surface area (TPSA) is 73.8 Å². The fourth-order valence-corrected chi connectivity index (χ4v) is 3.74. The molecule has 8 heteroatoms.